The van der Waals surface area contributed by atoms with Crippen LogP contribution in [0.3, 0.4) is 0 Å². The van der Waals surface area contributed by atoms with E-state index in [0.29, 0.717) is 28.2 Å². The highest BCUT2D eigenvalue weighted by atomic mass is 35.5. The largest absolute Gasteiger partial charge is 0.457 e. The maximum atomic E-state index is 6.04. The number of imidazole rings is 1. The SMILES string of the molecule is Nc1cc2nc(NCc3ccc(Oc4ccc(Cl)cc4)cc3)[nH]c2cc1Cl. The Morgan fingerprint density at radius 1 is 0.963 bits per heavy atom. The third-order valence-corrected chi connectivity index (χ3v) is 4.61. The number of nitrogens with two attached hydrogens (primary N) is 1. The van der Waals surface area contributed by atoms with Gasteiger partial charge in [0.15, 0.2) is 0 Å². The number of nitrogens with zero attached hydrogens (tertiary/aromatic N) is 1. The van der Waals surface area contributed by atoms with Crippen molar-refractivity contribution in [2.75, 3.05) is 11.1 Å². The van der Waals surface area contributed by atoms with Crippen molar-refractivity contribution in [3.05, 3.63) is 76.3 Å². The van der Waals surface area contributed by atoms with E-state index in [4.69, 9.17) is 33.7 Å². The Bertz CT molecular complexity index is 1040. The molecule has 1 heterocycles. The van der Waals surface area contributed by atoms with Gasteiger partial charge in [-0.15, -0.1) is 0 Å². The molecule has 0 aliphatic rings. The number of hydrogen-bond donors (Lipinski definition) is 3. The first-order valence-electron chi connectivity index (χ1n) is 8.28. The topological polar surface area (TPSA) is 76.0 Å². The zero-order valence-electron chi connectivity index (χ0n) is 14.2. The van der Waals surface area contributed by atoms with Gasteiger partial charge in [0.2, 0.25) is 5.95 Å². The minimum Gasteiger partial charge on any atom is -0.457 e. The van der Waals surface area contributed by atoms with Crippen LogP contribution in [0.15, 0.2) is 60.7 Å². The monoisotopic (exact) mass is 398 g/mol. The van der Waals surface area contributed by atoms with Crippen molar-refractivity contribution in [2.45, 2.75) is 6.54 Å². The Hall–Kier alpha value is -2.89. The first-order chi connectivity index (χ1) is 13.1. The molecule has 0 atom stereocenters. The molecule has 1 aromatic heterocycles. The number of halogens is 2. The highest BCUT2D eigenvalue weighted by molar-refractivity contribution is 6.33. The summed E-state index contributed by atoms with van der Waals surface area (Å²) in [5.74, 6) is 2.16. The lowest BCUT2D eigenvalue weighted by Gasteiger charge is -2.07. The number of aromatic amines is 1. The van der Waals surface area contributed by atoms with Gasteiger partial charge >= 0.3 is 0 Å². The third kappa shape index (κ3) is 4.10. The summed E-state index contributed by atoms with van der Waals surface area (Å²) in [6.07, 6.45) is 0. The lowest BCUT2D eigenvalue weighted by atomic mass is 10.2. The summed E-state index contributed by atoms with van der Waals surface area (Å²) in [6.45, 7) is 0.615. The molecule has 0 amide bonds. The molecule has 0 aliphatic heterocycles. The van der Waals surface area contributed by atoms with Crippen molar-refractivity contribution in [1.29, 1.82) is 0 Å². The molecule has 0 radical (unpaired) electrons. The van der Waals surface area contributed by atoms with Crippen molar-refractivity contribution < 1.29 is 4.74 Å². The van der Waals surface area contributed by atoms with E-state index in [0.717, 1.165) is 28.1 Å². The summed E-state index contributed by atoms with van der Waals surface area (Å²) in [5.41, 5.74) is 9.02. The zero-order valence-corrected chi connectivity index (χ0v) is 15.7. The molecule has 7 heteroatoms. The van der Waals surface area contributed by atoms with Crippen molar-refractivity contribution in [3.63, 3.8) is 0 Å². The van der Waals surface area contributed by atoms with Crippen LogP contribution < -0.4 is 15.8 Å². The van der Waals surface area contributed by atoms with Gasteiger partial charge < -0.3 is 20.8 Å². The van der Waals surface area contributed by atoms with E-state index in [1.165, 1.54) is 0 Å². The molecule has 4 N–H and O–H groups in total. The van der Waals surface area contributed by atoms with E-state index in [9.17, 15) is 0 Å². The van der Waals surface area contributed by atoms with E-state index < -0.39 is 0 Å². The number of H-pyrrole nitrogens is 1. The van der Waals surface area contributed by atoms with Crippen LogP contribution in [-0.4, -0.2) is 9.97 Å². The molecule has 0 unspecified atom stereocenters. The lowest BCUT2D eigenvalue weighted by Crippen LogP contribution is -2.00. The minimum absolute atomic E-state index is 0.508. The van der Waals surface area contributed by atoms with Crippen LogP contribution in [0.1, 0.15) is 5.56 Å². The second kappa shape index (κ2) is 7.39. The van der Waals surface area contributed by atoms with E-state index in [1.807, 2.05) is 36.4 Å². The fourth-order valence-corrected chi connectivity index (χ4v) is 2.92. The predicted octanol–water partition coefficient (Wildman–Crippen LogP) is 5.86. The Balaban J connectivity index is 1.40. The molecule has 0 fully saturated rings. The highest BCUT2D eigenvalue weighted by Crippen LogP contribution is 2.26. The van der Waals surface area contributed by atoms with Crippen LogP contribution in [0, 0.1) is 0 Å². The number of nitrogens with one attached hydrogen (secondary N) is 2. The molecule has 5 nitrogen and oxygen atoms in total. The normalized spacial score (nSPS) is 10.9. The second-order valence-corrected chi connectivity index (χ2v) is 6.87. The number of hydrogen-bond acceptors (Lipinski definition) is 4. The lowest BCUT2D eigenvalue weighted by molar-refractivity contribution is 0.482. The van der Waals surface area contributed by atoms with Gasteiger partial charge in [0.1, 0.15) is 11.5 Å². The van der Waals surface area contributed by atoms with E-state index in [-0.39, 0.29) is 0 Å². The van der Waals surface area contributed by atoms with Crippen molar-refractivity contribution in [2.24, 2.45) is 0 Å². The van der Waals surface area contributed by atoms with Gasteiger partial charge in [-0.25, -0.2) is 4.98 Å². The molecule has 136 valence electrons. The summed E-state index contributed by atoms with van der Waals surface area (Å²) in [5, 5.41) is 4.45. The number of aromatic nitrogens is 2. The first kappa shape index (κ1) is 17.5. The van der Waals surface area contributed by atoms with E-state index >= 15 is 0 Å². The Morgan fingerprint density at radius 3 is 2.33 bits per heavy atom. The van der Waals surface area contributed by atoms with Gasteiger partial charge in [-0.2, -0.15) is 0 Å². The van der Waals surface area contributed by atoms with Crippen LogP contribution in [0.2, 0.25) is 10.0 Å². The van der Waals surface area contributed by atoms with Crippen LogP contribution in [0.4, 0.5) is 11.6 Å². The molecule has 0 aliphatic carbocycles. The molecule has 27 heavy (non-hydrogen) atoms. The summed E-state index contributed by atoms with van der Waals surface area (Å²) < 4.78 is 5.79. The van der Waals surface area contributed by atoms with Crippen molar-refractivity contribution in [3.8, 4) is 11.5 Å². The number of nitrogen functional groups attached to an aromatic ring is 1. The smallest absolute Gasteiger partial charge is 0.201 e. The first-order valence-corrected chi connectivity index (χ1v) is 9.03. The molecule has 0 saturated carbocycles. The van der Waals surface area contributed by atoms with Crippen LogP contribution in [0.25, 0.3) is 11.0 Å². The molecule has 0 saturated heterocycles. The number of ether oxygens (including phenoxy) is 1. The van der Waals surface area contributed by atoms with Gasteiger partial charge in [0, 0.05) is 11.6 Å². The van der Waals surface area contributed by atoms with Gasteiger partial charge in [0.05, 0.1) is 21.7 Å². The average molecular weight is 399 g/mol. The number of rotatable bonds is 5. The highest BCUT2D eigenvalue weighted by Gasteiger charge is 2.06. The fraction of sp³-hybridized carbons (Fsp3) is 0.0500. The fourth-order valence-electron chi connectivity index (χ4n) is 2.63. The van der Waals surface area contributed by atoms with Gasteiger partial charge in [-0.3, -0.25) is 0 Å². The minimum atomic E-state index is 0.508. The molecule has 4 rings (SSSR count). The van der Waals surface area contributed by atoms with Crippen molar-refractivity contribution in [1.82, 2.24) is 9.97 Å². The summed E-state index contributed by atoms with van der Waals surface area (Å²) in [4.78, 5) is 7.65. The number of fused-ring (bicyclic) bond motifs is 1. The molecular weight excluding hydrogens is 383 g/mol. The van der Waals surface area contributed by atoms with Crippen LogP contribution in [-0.2, 0) is 6.54 Å². The second-order valence-electron chi connectivity index (χ2n) is 6.03. The molecule has 0 bridgehead atoms. The Kier molecular flexibility index (Phi) is 4.79. The average Bonchev–Trinajstić information content (AvgIpc) is 3.05. The standard InChI is InChI=1S/C20H16Cl2N4O/c21-13-3-7-15(8-4-13)27-14-5-1-12(2-6-14)11-24-20-25-18-9-16(22)17(23)10-19(18)26-20/h1-10H,11,23H2,(H2,24,25,26). The van der Waals surface area contributed by atoms with E-state index in [1.54, 1.807) is 24.3 Å². The summed E-state index contributed by atoms with van der Waals surface area (Å²) in [6, 6.07) is 18.6. The molecule has 3 aromatic carbocycles. The Labute approximate surface area is 166 Å². The maximum Gasteiger partial charge on any atom is 0.201 e. The molecule has 4 aromatic rings. The summed E-state index contributed by atoms with van der Waals surface area (Å²) in [7, 11) is 0. The van der Waals surface area contributed by atoms with Gasteiger partial charge in [-0.05, 0) is 54.1 Å². The molecule has 0 spiro atoms. The predicted molar refractivity (Wildman–Crippen MR) is 111 cm³/mol. The Morgan fingerprint density at radius 2 is 1.63 bits per heavy atom. The van der Waals surface area contributed by atoms with Crippen LogP contribution >= 0.6 is 23.2 Å². The zero-order chi connectivity index (χ0) is 18.8. The summed E-state index contributed by atoms with van der Waals surface area (Å²) >= 11 is 11.9. The van der Waals surface area contributed by atoms with Gasteiger partial charge in [0.25, 0.3) is 0 Å². The maximum absolute atomic E-state index is 6.04. The number of anilines is 2. The molecular formula is C20H16Cl2N4O. The van der Waals surface area contributed by atoms with Gasteiger partial charge in [-0.1, -0.05) is 35.3 Å². The quantitative estimate of drug-likeness (QED) is 0.368. The number of benzene rings is 3. The van der Waals surface area contributed by atoms with Crippen LogP contribution in [0.5, 0.6) is 11.5 Å². The third-order valence-electron chi connectivity index (χ3n) is 4.03. The van der Waals surface area contributed by atoms with E-state index in [2.05, 4.69) is 15.3 Å². The van der Waals surface area contributed by atoms with Crippen molar-refractivity contribution >= 4 is 45.9 Å².